The molecule has 4 aromatic rings. The summed E-state index contributed by atoms with van der Waals surface area (Å²) in [6, 6.07) is 26.6. The van der Waals surface area contributed by atoms with Crippen molar-refractivity contribution < 1.29 is 4.79 Å². The van der Waals surface area contributed by atoms with Crippen LogP contribution in [0.2, 0.25) is 0 Å². The molecule has 0 spiro atoms. The second kappa shape index (κ2) is 7.82. The minimum atomic E-state index is -0.109. The normalized spacial score (nSPS) is 11.5. The van der Waals surface area contributed by atoms with Gasteiger partial charge in [0.25, 0.3) is 0 Å². The third-order valence-electron chi connectivity index (χ3n) is 3.84. The molecule has 0 saturated carbocycles. The average Bonchev–Trinajstić information content (AvgIpc) is 3.14. The van der Waals surface area contributed by atoms with Crippen LogP contribution >= 0.6 is 27.3 Å². The summed E-state index contributed by atoms with van der Waals surface area (Å²) in [6.07, 6.45) is 0. The van der Waals surface area contributed by atoms with Gasteiger partial charge in [0.1, 0.15) is 0 Å². The minimum Gasteiger partial charge on any atom is -0.286 e. The maximum Gasteiger partial charge on any atom is 0.223 e. The zero-order valence-electron chi connectivity index (χ0n) is 14.1. The van der Waals surface area contributed by atoms with Gasteiger partial charge in [0.15, 0.2) is 5.01 Å². The summed E-state index contributed by atoms with van der Waals surface area (Å²) in [5.74, 6) is -0.109. The third kappa shape index (κ3) is 3.97. The molecule has 0 amide bonds. The molecule has 0 unspecified atom stereocenters. The van der Waals surface area contributed by atoms with Crippen LogP contribution in [0.5, 0.6) is 0 Å². The van der Waals surface area contributed by atoms with E-state index in [1.807, 2.05) is 72.8 Å². The lowest BCUT2D eigenvalue weighted by atomic mass is 10.1. The first kappa shape index (κ1) is 17.6. The van der Waals surface area contributed by atoms with Gasteiger partial charge in [-0.05, 0) is 36.4 Å². The van der Waals surface area contributed by atoms with E-state index in [4.69, 9.17) is 4.99 Å². The van der Waals surface area contributed by atoms with E-state index in [1.54, 1.807) is 16.8 Å². The van der Waals surface area contributed by atoms with E-state index in [9.17, 15) is 4.79 Å². The van der Waals surface area contributed by atoms with Gasteiger partial charge >= 0.3 is 0 Å². The van der Waals surface area contributed by atoms with Crippen LogP contribution in [-0.2, 0) is 0 Å². The molecule has 3 aromatic carbocycles. The molecule has 0 atom stereocenters. The van der Waals surface area contributed by atoms with E-state index >= 15 is 0 Å². The molecular formula is C21H14BrN3OS. The first-order valence-corrected chi connectivity index (χ1v) is 9.87. The molecular weight excluding hydrogens is 422 g/mol. The quantitative estimate of drug-likeness (QED) is 0.415. The van der Waals surface area contributed by atoms with E-state index in [-0.39, 0.29) is 5.78 Å². The van der Waals surface area contributed by atoms with E-state index < -0.39 is 0 Å². The monoisotopic (exact) mass is 435 g/mol. The van der Waals surface area contributed by atoms with Gasteiger partial charge in [0, 0.05) is 10.0 Å². The smallest absolute Gasteiger partial charge is 0.223 e. The minimum absolute atomic E-state index is 0.109. The molecule has 0 radical (unpaired) electrons. The van der Waals surface area contributed by atoms with Gasteiger partial charge in [-0.2, -0.15) is 5.10 Å². The van der Waals surface area contributed by atoms with Gasteiger partial charge in [-0.3, -0.25) is 4.79 Å². The van der Waals surface area contributed by atoms with Crippen LogP contribution in [0, 0.1) is 0 Å². The number of rotatable bonds is 4. The summed E-state index contributed by atoms with van der Waals surface area (Å²) >= 11 is 4.71. The highest BCUT2D eigenvalue weighted by molar-refractivity contribution is 9.10. The Morgan fingerprint density at radius 2 is 1.52 bits per heavy atom. The van der Waals surface area contributed by atoms with Crippen LogP contribution < -0.4 is 4.80 Å². The second-order valence-corrected chi connectivity index (χ2v) is 7.59. The van der Waals surface area contributed by atoms with Crippen molar-refractivity contribution in [1.82, 2.24) is 9.78 Å². The Hall–Kier alpha value is -2.83. The zero-order chi connectivity index (χ0) is 18.6. The van der Waals surface area contributed by atoms with Gasteiger partial charge in [-0.1, -0.05) is 75.8 Å². The molecule has 27 heavy (non-hydrogen) atoms. The lowest BCUT2D eigenvalue weighted by Crippen LogP contribution is -2.14. The molecule has 0 bridgehead atoms. The fourth-order valence-electron chi connectivity index (χ4n) is 2.52. The van der Waals surface area contributed by atoms with Gasteiger partial charge in [-0.15, -0.1) is 0 Å². The standard InChI is InChI=1S/C21H14BrN3OS/c22-16-11-13-17(14-12-16)23-21-25(18-9-5-2-6-10-18)24-20(27-21)19(26)15-7-3-1-4-8-15/h1-14H. The van der Waals surface area contributed by atoms with E-state index in [0.717, 1.165) is 15.8 Å². The zero-order valence-corrected chi connectivity index (χ0v) is 16.5. The summed E-state index contributed by atoms with van der Waals surface area (Å²) < 4.78 is 2.70. The largest absolute Gasteiger partial charge is 0.286 e. The topological polar surface area (TPSA) is 47.2 Å². The number of hydrogen-bond acceptors (Lipinski definition) is 4. The number of para-hydroxylation sites is 1. The SMILES string of the molecule is O=C(c1ccccc1)c1nn(-c2ccccc2)c(=Nc2ccc(Br)cc2)s1. The van der Waals surface area contributed by atoms with Crippen LogP contribution in [0.1, 0.15) is 15.4 Å². The number of nitrogens with zero attached hydrogens (tertiary/aromatic N) is 3. The molecule has 0 N–H and O–H groups in total. The number of benzene rings is 3. The summed E-state index contributed by atoms with van der Waals surface area (Å²) in [5.41, 5.74) is 2.27. The van der Waals surface area contributed by atoms with Crippen molar-refractivity contribution >= 4 is 38.7 Å². The molecule has 4 rings (SSSR count). The molecule has 0 aliphatic carbocycles. The van der Waals surface area contributed by atoms with E-state index in [1.165, 1.54) is 11.3 Å². The molecule has 0 fully saturated rings. The van der Waals surface area contributed by atoms with Crippen LogP contribution in [0.4, 0.5) is 5.69 Å². The number of aromatic nitrogens is 2. The Morgan fingerprint density at radius 1 is 0.889 bits per heavy atom. The molecule has 0 saturated heterocycles. The summed E-state index contributed by atoms with van der Waals surface area (Å²) in [5, 5.41) is 4.96. The Balaban J connectivity index is 1.85. The van der Waals surface area contributed by atoms with Crippen molar-refractivity contribution in [3.8, 4) is 5.69 Å². The first-order chi connectivity index (χ1) is 13.2. The van der Waals surface area contributed by atoms with Crippen molar-refractivity contribution in [2.24, 2.45) is 4.99 Å². The molecule has 0 aliphatic rings. The Bertz CT molecular complexity index is 1130. The maximum atomic E-state index is 12.8. The highest BCUT2D eigenvalue weighted by atomic mass is 79.9. The molecule has 6 heteroatoms. The predicted octanol–water partition coefficient (Wildman–Crippen LogP) is 5.16. The highest BCUT2D eigenvalue weighted by Gasteiger charge is 2.16. The van der Waals surface area contributed by atoms with Gasteiger partial charge < -0.3 is 0 Å². The third-order valence-corrected chi connectivity index (χ3v) is 5.28. The van der Waals surface area contributed by atoms with Crippen LogP contribution in [0.3, 0.4) is 0 Å². The van der Waals surface area contributed by atoms with Gasteiger partial charge in [0.2, 0.25) is 10.6 Å². The molecule has 132 valence electrons. The Kier molecular flexibility index (Phi) is 5.09. The lowest BCUT2D eigenvalue weighted by Gasteiger charge is -2.00. The maximum absolute atomic E-state index is 12.8. The fourth-order valence-corrected chi connectivity index (χ4v) is 3.68. The van der Waals surface area contributed by atoms with E-state index in [2.05, 4.69) is 21.0 Å². The number of halogens is 1. The van der Waals surface area contributed by atoms with Crippen LogP contribution in [0.25, 0.3) is 5.69 Å². The summed E-state index contributed by atoms with van der Waals surface area (Å²) in [7, 11) is 0. The second-order valence-electron chi connectivity index (χ2n) is 5.72. The van der Waals surface area contributed by atoms with Gasteiger partial charge in [-0.25, -0.2) is 9.67 Å². The average molecular weight is 436 g/mol. The lowest BCUT2D eigenvalue weighted by molar-refractivity contribution is 0.103. The van der Waals surface area contributed by atoms with Crippen molar-refractivity contribution in [3.63, 3.8) is 0 Å². The number of hydrogen-bond donors (Lipinski definition) is 0. The molecule has 0 aliphatic heterocycles. The Labute approximate surface area is 168 Å². The van der Waals surface area contributed by atoms with Gasteiger partial charge in [0.05, 0.1) is 11.4 Å². The molecule has 1 heterocycles. The highest BCUT2D eigenvalue weighted by Crippen LogP contribution is 2.18. The number of carbonyl (C=O) groups excluding carboxylic acids is 1. The Morgan fingerprint density at radius 3 is 2.19 bits per heavy atom. The number of ketones is 1. The van der Waals surface area contributed by atoms with Crippen molar-refractivity contribution in [2.75, 3.05) is 0 Å². The summed E-state index contributed by atoms with van der Waals surface area (Å²) in [6.45, 7) is 0. The number of carbonyl (C=O) groups is 1. The van der Waals surface area contributed by atoms with Crippen molar-refractivity contribution in [3.05, 3.63) is 105 Å². The fraction of sp³-hybridized carbons (Fsp3) is 0. The summed E-state index contributed by atoms with van der Waals surface area (Å²) in [4.78, 5) is 18.2. The van der Waals surface area contributed by atoms with Crippen LogP contribution in [0.15, 0.2) is 94.4 Å². The predicted molar refractivity (Wildman–Crippen MR) is 111 cm³/mol. The first-order valence-electron chi connectivity index (χ1n) is 8.26. The molecule has 4 nitrogen and oxygen atoms in total. The van der Waals surface area contributed by atoms with Crippen LogP contribution in [-0.4, -0.2) is 15.6 Å². The van der Waals surface area contributed by atoms with E-state index in [0.29, 0.717) is 15.4 Å². The van der Waals surface area contributed by atoms with Crippen molar-refractivity contribution in [1.29, 1.82) is 0 Å². The molecule has 1 aromatic heterocycles. The van der Waals surface area contributed by atoms with Crippen molar-refractivity contribution in [2.45, 2.75) is 0 Å².